The smallest absolute Gasteiger partial charge is 0.233 e. The molecule has 0 aliphatic heterocycles. The van der Waals surface area contributed by atoms with E-state index in [1.54, 1.807) is 0 Å². The number of nitrogens with zero attached hydrogens (tertiary/aromatic N) is 2. The number of aromatic nitrogens is 2. The molecule has 0 atom stereocenters. The molecule has 0 saturated carbocycles. The van der Waals surface area contributed by atoms with Crippen molar-refractivity contribution in [1.82, 2.24) is 20.2 Å². The molecule has 0 spiro atoms. The average molecular weight is 272 g/mol. The zero-order valence-electron chi connectivity index (χ0n) is 11.9. The van der Waals surface area contributed by atoms with Crippen LogP contribution in [0.15, 0.2) is 36.5 Å². The van der Waals surface area contributed by atoms with Crippen molar-refractivity contribution in [3.05, 3.63) is 48.0 Å². The molecular weight excluding hydrogens is 252 g/mol. The molecule has 0 unspecified atom stereocenters. The van der Waals surface area contributed by atoms with Gasteiger partial charge < -0.3 is 10.6 Å². The molecule has 2 N–H and O–H groups in total. The summed E-state index contributed by atoms with van der Waals surface area (Å²) in [6.07, 6.45) is 1.84. The van der Waals surface area contributed by atoms with Crippen LogP contribution in [0.1, 0.15) is 18.4 Å². The van der Waals surface area contributed by atoms with Gasteiger partial charge in [-0.25, -0.2) is 4.98 Å². The van der Waals surface area contributed by atoms with Crippen LogP contribution in [-0.4, -0.2) is 28.5 Å². The number of carbonyl (C=O) groups excluding carboxylic acids is 1. The number of likely N-dealkylation sites (N-methyl/N-ethyl adjacent to an activating group) is 1. The minimum absolute atomic E-state index is 0.00926. The first-order valence-electron chi connectivity index (χ1n) is 6.78. The maximum Gasteiger partial charge on any atom is 0.233 e. The van der Waals surface area contributed by atoms with E-state index in [4.69, 9.17) is 0 Å². The number of nitrogens with one attached hydrogen (secondary N) is 2. The van der Waals surface area contributed by atoms with Crippen molar-refractivity contribution >= 4 is 5.91 Å². The maximum absolute atomic E-state index is 11.4. The van der Waals surface area contributed by atoms with E-state index in [0.29, 0.717) is 19.6 Å². The van der Waals surface area contributed by atoms with Gasteiger partial charge in [-0.15, -0.1) is 0 Å². The van der Waals surface area contributed by atoms with E-state index in [2.05, 4.69) is 20.2 Å². The highest BCUT2D eigenvalue weighted by Gasteiger charge is 2.08. The lowest BCUT2D eigenvalue weighted by Crippen LogP contribution is -2.33. The van der Waals surface area contributed by atoms with Crippen LogP contribution in [0, 0.1) is 6.92 Å². The zero-order chi connectivity index (χ0) is 14.4. The van der Waals surface area contributed by atoms with Gasteiger partial charge in [-0.2, -0.15) is 0 Å². The van der Waals surface area contributed by atoms with Crippen LogP contribution in [-0.2, 0) is 11.3 Å². The van der Waals surface area contributed by atoms with Gasteiger partial charge in [-0.1, -0.05) is 18.2 Å². The van der Waals surface area contributed by atoms with E-state index in [9.17, 15) is 4.79 Å². The molecule has 0 radical (unpaired) electrons. The highest BCUT2D eigenvalue weighted by Crippen LogP contribution is 2.14. The molecular formula is C15H20N4O. The fraction of sp³-hybridized carbons (Fsp3) is 0.333. The first-order valence-corrected chi connectivity index (χ1v) is 6.78. The lowest BCUT2D eigenvalue weighted by molar-refractivity contribution is -0.120. The molecule has 5 nitrogen and oxygen atoms in total. The quantitative estimate of drug-likeness (QED) is 0.836. The van der Waals surface area contributed by atoms with Crippen molar-refractivity contribution in [3.8, 4) is 5.69 Å². The first-order chi connectivity index (χ1) is 9.72. The Morgan fingerprint density at radius 3 is 2.75 bits per heavy atom. The van der Waals surface area contributed by atoms with Crippen LogP contribution in [0.2, 0.25) is 0 Å². The van der Waals surface area contributed by atoms with Crippen molar-refractivity contribution in [2.24, 2.45) is 0 Å². The molecule has 106 valence electrons. The molecule has 2 aromatic rings. The van der Waals surface area contributed by atoms with E-state index in [-0.39, 0.29) is 5.91 Å². The summed E-state index contributed by atoms with van der Waals surface area (Å²) in [6.45, 7) is 5.45. The highest BCUT2D eigenvalue weighted by molar-refractivity contribution is 5.77. The molecule has 2 rings (SSSR count). The Kier molecular flexibility index (Phi) is 4.90. The number of imidazole rings is 1. The van der Waals surface area contributed by atoms with Crippen molar-refractivity contribution in [2.45, 2.75) is 20.4 Å². The number of hydrogen-bond acceptors (Lipinski definition) is 3. The number of benzene rings is 1. The SMILES string of the molecule is CCNC(=O)CNCc1cnc(C)n1-c1ccccc1. The van der Waals surface area contributed by atoms with E-state index in [1.807, 2.05) is 50.4 Å². The summed E-state index contributed by atoms with van der Waals surface area (Å²) in [4.78, 5) is 15.7. The van der Waals surface area contributed by atoms with Gasteiger partial charge in [0.05, 0.1) is 18.4 Å². The van der Waals surface area contributed by atoms with Gasteiger partial charge in [0.25, 0.3) is 0 Å². The van der Waals surface area contributed by atoms with Crippen LogP contribution < -0.4 is 10.6 Å². The molecule has 0 aliphatic carbocycles. The predicted octanol–water partition coefficient (Wildman–Crippen LogP) is 1.41. The topological polar surface area (TPSA) is 59.0 Å². The molecule has 0 aliphatic rings. The second-order valence-corrected chi connectivity index (χ2v) is 4.52. The number of amides is 1. The second kappa shape index (κ2) is 6.86. The van der Waals surface area contributed by atoms with Crippen molar-refractivity contribution in [2.75, 3.05) is 13.1 Å². The predicted molar refractivity (Wildman–Crippen MR) is 78.7 cm³/mol. The molecule has 0 saturated heterocycles. The third-order valence-electron chi connectivity index (χ3n) is 2.99. The lowest BCUT2D eigenvalue weighted by Gasteiger charge is -2.11. The molecule has 0 fully saturated rings. The number of para-hydroxylation sites is 1. The van der Waals surface area contributed by atoms with Gasteiger partial charge in [-0.3, -0.25) is 9.36 Å². The Balaban J connectivity index is 2.05. The van der Waals surface area contributed by atoms with Gasteiger partial charge in [0.1, 0.15) is 5.82 Å². The van der Waals surface area contributed by atoms with Crippen molar-refractivity contribution in [3.63, 3.8) is 0 Å². The van der Waals surface area contributed by atoms with Crippen LogP contribution >= 0.6 is 0 Å². The lowest BCUT2D eigenvalue weighted by atomic mass is 10.3. The Morgan fingerprint density at radius 1 is 1.30 bits per heavy atom. The van der Waals surface area contributed by atoms with Crippen LogP contribution in [0.5, 0.6) is 0 Å². The van der Waals surface area contributed by atoms with Crippen LogP contribution in [0.3, 0.4) is 0 Å². The van der Waals surface area contributed by atoms with E-state index >= 15 is 0 Å². The largest absolute Gasteiger partial charge is 0.355 e. The molecule has 1 heterocycles. The molecule has 0 bridgehead atoms. The van der Waals surface area contributed by atoms with Gasteiger partial charge in [-0.05, 0) is 26.0 Å². The molecule has 1 amide bonds. The Labute approximate surface area is 119 Å². The number of aryl methyl sites for hydroxylation is 1. The summed E-state index contributed by atoms with van der Waals surface area (Å²) in [7, 11) is 0. The van der Waals surface area contributed by atoms with E-state index in [0.717, 1.165) is 17.2 Å². The second-order valence-electron chi connectivity index (χ2n) is 4.52. The van der Waals surface area contributed by atoms with Gasteiger partial charge in [0, 0.05) is 18.8 Å². The fourth-order valence-corrected chi connectivity index (χ4v) is 2.11. The summed E-state index contributed by atoms with van der Waals surface area (Å²) < 4.78 is 2.09. The van der Waals surface area contributed by atoms with Crippen LogP contribution in [0.25, 0.3) is 5.69 Å². The Morgan fingerprint density at radius 2 is 2.05 bits per heavy atom. The molecule has 5 heteroatoms. The van der Waals surface area contributed by atoms with Crippen LogP contribution in [0.4, 0.5) is 0 Å². The highest BCUT2D eigenvalue weighted by atomic mass is 16.1. The molecule has 1 aromatic heterocycles. The summed E-state index contributed by atoms with van der Waals surface area (Å²) in [5.41, 5.74) is 2.12. The summed E-state index contributed by atoms with van der Waals surface area (Å²) in [5.74, 6) is 0.945. The van der Waals surface area contributed by atoms with E-state index in [1.165, 1.54) is 0 Å². The van der Waals surface area contributed by atoms with Crippen molar-refractivity contribution in [1.29, 1.82) is 0 Å². The number of hydrogen-bond donors (Lipinski definition) is 2. The summed E-state index contributed by atoms with van der Waals surface area (Å²) in [5, 5.41) is 5.90. The Hall–Kier alpha value is -2.14. The monoisotopic (exact) mass is 272 g/mol. The average Bonchev–Trinajstić information content (AvgIpc) is 2.81. The first kappa shape index (κ1) is 14.3. The van der Waals surface area contributed by atoms with Gasteiger partial charge in [0.15, 0.2) is 0 Å². The summed E-state index contributed by atoms with van der Waals surface area (Å²) >= 11 is 0. The Bertz CT molecular complexity index is 563. The summed E-state index contributed by atoms with van der Waals surface area (Å²) in [6, 6.07) is 10.1. The third-order valence-corrected chi connectivity index (χ3v) is 2.99. The fourth-order valence-electron chi connectivity index (χ4n) is 2.11. The number of rotatable bonds is 6. The third kappa shape index (κ3) is 3.45. The number of carbonyl (C=O) groups is 1. The molecule has 20 heavy (non-hydrogen) atoms. The minimum atomic E-state index is 0.00926. The molecule has 1 aromatic carbocycles. The maximum atomic E-state index is 11.4. The standard InChI is InChI=1S/C15H20N4O/c1-3-17-15(20)11-16-9-14-10-18-12(2)19(14)13-7-5-4-6-8-13/h4-8,10,16H,3,9,11H2,1-2H3,(H,17,20). The van der Waals surface area contributed by atoms with E-state index < -0.39 is 0 Å². The normalized spacial score (nSPS) is 10.5. The van der Waals surface area contributed by atoms with Gasteiger partial charge >= 0.3 is 0 Å². The minimum Gasteiger partial charge on any atom is -0.355 e. The van der Waals surface area contributed by atoms with Gasteiger partial charge in [0.2, 0.25) is 5.91 Å². The zero-order valence-corrected chi connectivity index (χ0v) is 11.9. The van der Waals surface area contributed by atoms with Crippen molar-refractivity contribution < 1.29 is 4.79 Å².